The van der Waals surface area contributed by atoms with Crippen LogP contribution in [-0.4, -0.2) is 28.1 Å². The van der Waals surface area contributed by atoms with Gasteiger partial charge in [0.05, 0.1) is 10.8 Å². The molecule has 136 valence electrons. The molecular formula is C19H20N2O4S. The van der Waals surface area contributed by atoms with E-state index in [0.29, 0.717) is 17.8 Å². The lowest BCUT2D eigenvalue weighted by atomic mass is 10.2. The Kier molecular flexibility index (Phi) is 6.80. The Bertz CT molecular complexity index is 823. The first-order chi connectivity index (χ1) is 12.4. The van der Waals surface area contributed by atoms with E-state index in [1.54, 1.807) is 18.2 Å². The van der Waals surface area contributed by atoms with Gasteiger partial charge in [0.15, 0.2) is 0 Å². The summed E-state index contributed by atoms with van der Waals surface area (Å²) in [7, 11) is 0. The molecule has 0 bridgehead atoms. The highest BCUT2D eigenvalue weighted by molar-refractivity contribution is 8.00. The van der Waals surface area contributed by atoms with Gasteiger partial charge in [-0.05, 0) is 42.8 Å². The largest absolute Gasteiger partial charge is 0.478 e. The molecule has 0 heterocycles. The second-order valence-corrected chi connectivity index (χ2v) is 6.88. The molecule has 0 radical (unpaired) electrons. The molecule has 6 nitrogen and oxygen atoms in total. The lowest BCUT2D eigenvalue weighted by Gasteiger charge is -2.15. The van der Waals surface area contributed by atoms with E-state index in [9.17, 15) is 14.4 Å². The summed E-state index contributed by atoms with van der Waals surface area (Å²) in [5, 5.41) is 14.2. The van der Waals surface area contributed by atoms with Crippen molar-refractivity contribution in [1.29, 1.82) is 0 Å². The zero-order valence-corrected chi connectivity index (χ0v) is 15.3. The van der Waals surface area contributed by atoms with Crippen molar-refractivity contribution in [3.8, 4) is 0 Å². The molecule has 0 saturated carbocycles. The summed E-state index contributed by atoms with van der Waals surface area (Å²) in [6.45, 7) is 3.34. The molecule has 2 aromatic rings. The number of hydrogen-bond acceptors (Lipinski definition) is 4. The Morgan fingerprint density at radius 3 is 2.31 bits per heavy atom. The second kappa shape index (κ2) is 9.05. The van der Waals surface area contributed by atoms with Crippen LogP contribution in [0.2, 0.25) is 0 Å². The minimum Gasteiger partial charge on any atom is -0.478 e. The zero-order valence-electron chi connectivity index (χ0n) is 14.5. The molecule has 1 atom stereocenters. The normalized spacial score (nSPS) is 11.5. The molecule has 0 aliphatic carbocycles. The lowest BCUT2D eigenvalue weighted by Crippen LogP contribution is -2.24. The van der Waals surface area contributed by atoms with Gasteiger partial charge in [0.1, 0.15) is 0 Å². The molecule has 7 heteroatoms. The van der Waals surface area contributed by atoms with Gasteiger partial charge in [-0.25, -0.2) is 4.79 Å². The number of aromatic carboxylic acids is 1. The number of carboxylic acids is 1. The first-order valence-electron chi connectivity index (χ1n) is 8.07. The van der Waals surface area contributed by atoms with Crippen molar-refractivity contribution in [2.45, 2.75) is 30.4 Å². The molecule has 0 spiro atoms. The molecule has 0 aliphatic rings. The summed E-state index contributed by atoms with van der Waals surface area (Å²) < 4.78 is 0. The molecule has 0 aromatic heterocycles. The summed E-state index contributed by atoms with van der Waals surface area (Å²) in [6, 6.07) is 13.4. The van der Waals surface area contributed by atoms with Crippen molar-refractivity contribution < 1.29 is 19.5 Å². The van der Waals surface area contributed by atoms with Crippen molar-refractivity contribution in [1.82, 2.24) is 0 Å². The Morgan fingerprint density at radius 1 is 1.04 bits per heavy atom. The fourth-order valence-electron chi connectivity index (χ4n) is 2.29. The van der Waals surface area contributed by atoms with Gasteiger partial charge in [0.2, 0.25) is 11.8 Å². The molecular weight excluding hydrogens is 352 g/mol. The van der Waals surface area contributed by atoms with Crippen LogP contribution in [0, 0.1) is 0 Å². The van der Waals surface area contributed by atoms with E-state index < -0.39 is 5.97 Å². The molecule has 3 N–H and O–H groups in total. The van der Waals surface area contributed by atoms with Gasteiger partial charge >= 0.3 is 5.97 Å². The van der Waals surface area contributed by atoms with Gasteiger partial charge in [-0.1, -0.05) is 19.1 Å². The molecule has 2 aromatic carbocycles. The van der Waals surface area contributed by atoms with Crippen LogP contribution in [0.15, 0.2) is 53.4 Å². The Hall–Kier alpha value is -2.80. The summed E-state index contributed by atoms with van der Waals surface area (Å²) in [6.07, 6.45) is 0.597. The predicted molar refractivity (Wildman–Crippen MR) is 103 cm³/mol. The fraction of sp³-hybridized carbons (Fsp3) is 0.211. The number of carbonyl (C=O) groups excluding carboxylic acids is 2. The Labute approximate surface area is 156 Å². The third-order valence-corrected chi connectivity index (χ3v) is 4.83. The van der Waals surface area contributed by atoms with Crippen molar-refractivity contribution in [2.24, 2.45) is 0 Å². The second-order valence-electron chi connectivity index (χ2n) is 5.60. The monoisotopic (exact) mass is 372 g/mol. The maximum Gasteiger partial charge on any atom is 0.335 e. The Balaban J connectivity index is 2.08. The van der Waals surface area contributed by atoms with E-state index in [0.717, 1.165) is 4.90 Å². The maximum absolute atomic E-state index is 12.5. The number of hydrogen-bond donors (Lipinski definition) is 3. The van der Waals surface area contributed by atoms with E-state index in [2.05, 4.69) is 10.6 Å². The van der Waals surface area contributed by atoms with Crippen LogP contribution in [0.3, 0.4) is 0 Å². The SMILES string of the molecule is CCC(Sc1cccc(NC(C)=O)c1)C(=O)Nc1cccc(C(=O)O)c1. The highest BCUT2D eigenvalue weighted by atomic mass is 32.2. The molecule has 1 unspecified atom stereocenters. The Morgan fingerprint density at radius 2 is 1.69 bits per heavy atom. The number of nitrogens with one attached hydrogen (secondary N) is 2. The van der Waals surface area contributed by atoms with Crippen molar-refractivity contribution in [3.05, 3.63) is 54.1 Å². The average molecular weight is 372 g/mol. The summed E-state index contributed by atoms with van der Waals surface area (Å²) in [5.74, 6) is -1.41. The van der Waals surface area contributed by atoms with Crippen LogP contribution in [-0.2, 0) is 9.59 Å². The minimum atomic E-state index is -1.04. The number of rotatable bonds is 7. The van der Waals surface area contributed by atoms with Crippen molar-refractivity contribution >= 4 is 40.9 Å². The molecule has 26 heavy (non-hydrogen) atoms. The highest BCUT2D eigenvalue weighted by Crippen LogP contribution is 2.28. The molecule has 0 saturated heterocycles. The van der Waals surface area contributed by atoms with E-state index in [4.69, 9.17) is 5.11 Å². The van der Waals surface area contributed by atoms with Crippen molar-refractivity contribution in [3.63, 3.8) is 0 Å². The standard InChI is InChI=1S/C19H20N2O4S/c1-3-17(26-16-9-5-8-15(11-16)20-12(2)22)18(23)21-14-7-4-6-13(10-14)19(24)25/h4-11,17H,3H2,1-2H3,(H,20,22)(H,21,23)(H,24,25). The van der Waals surface area contributed by atoms with Gasteiger partial charge in [0.25, 0.3) is 0 Å². The summed E-state index contributed by atoms with van der Waals surface area (Å²) in [5.41, 5.74) is 1.24. The van der Waals surface area contributed by atoms with Crippen LogP contribution in [0.1, 0.15) is 30.6 Å². The number of carbonyl (C=O) groups is 3. The topological polar surface area (TPSA) is 95.5 Å². The van der Waals surface area contributed by atoms with Gasteiger partial charge in [-0.15, -0.1) is 11.8 Å². The van der Waals surface area contributed by atoms with Gasteiger partial charge in [0, 0.05) is 23.2 Å². The first-order valence-corrected chi connectivity index (χ1v) is 8.95. The zero-order chi connectivity index (χ0) is 19.1. The van der Waals surface area contributed by atoms with E-state index in [-0.39, 0.29) is 22.6 Å². The van der Waals surface area contributed by atoms with Crippen LogP contribution in [0.4, 0.5) is 11.4 Å². The van der Waals surface area contributed by atoms with Gasteiger partial charge < -0.3 is 15.7 Å². The van der Waals surface area contributed by atoms with Crippen molar-refractivity contribution in [2.75, 3.05) is 10.6 Å². The number of thioether (sulfide) groups is 1. The summed E-state index contributed by atoms with van der Waals surface area (Å²) >= 11 is 1.39. The van der Waals surface area contributed by atoms with Gasteiger partial charge in [-0.2, -0.15) is 0 Å². The molecule has 0 aliphatic heterocycles. The number of carboxylic acid groups (broad SMARTS) is 1. The third-order valence-electron chi connectivity index (χ3n) is 3.47. The number of benzene rings is 2. The van der Waals surface area contributed by atoms with E-state index >= 15 is 0 Å². The van der Waals surface area contributed by atoms with Crippen LogP contribution < -0.4 is 10.6 Å². The average Bonchev–Trinajstić information content (AvgIpc) is 2.59. The fourth-order valence-corrected chi connectivity index (χ4v) is 3.30. The van der Waals surface area contributed by atoms with Crippen LogP contribution in [0.25, 0.3) is 0 Å². The number of anilines is 2. The van der Waals surface area contributed by atoms with Crippen LogP contribution >= 0.6 is 11.8 Å². The minimum absolute atomic E-state index is 0.117. The quantitative estimate of drug-likeness (QED) is 0.642. The smallest absolute Gasteiger partial charge is 0.335 e. The van der Waals surface area contributed by atoms with E-state index in [1.807, 2.05) is 25.1 Å². The van der Waals surface area contributed by atoms with E-state index in [1.165, 1.54) is 30.8 Å². The highest BCUT2D eigenvalue weighted by Gasteiger charge is 2.18. The lowest BCUT2D eigenvalue weighted by molar-refractivity contribution is -0.116. The maximum atomic E-state index is 12.5. The first kappa shape index (κ1) is 19.5. The third kappa shape index (κ3) is 5.63. The molecule has 0 fully saturated rings. The van der Waals surface area contributed by atoms with Crippen LogP contribution in [0.5, 0.6) is 0 Å². The predicted octanol–water partition coefficient (Wildman–Crippen LogP) is 3.85. The molecule has 2 amide bonds. The number of amides is 2. The molecule has 2 rings (SSSR count). The van der Waals surface area contributed by atoms with Gasteiger partial charge in [-0.3, -0.25) is 9.59 Å². The summed E-state index contributed by atoms with van der Waals surface area (Å²) in [4.78, 5) is 35.6.